The summed E-state index contributed by atoms with van der Waals surface area (Å²) >= 11 is 7.73. The summed E-state index contributed by atoms with van der Waals surface area (Å²) in [5, 5.41) is 1.56. The van der Waals surface area contributed by atoms with Crippen LogP contribution in [-0.4, -0.2) is 18.6 Å². The topological polar surface area (TPSA) is 57.4 Å². The van der Waals surface area contributed by atoms with Gasteiger partial charge in [-0.05, 0) is 32.9 Å². The van der Waals surface area contributed by atoms with Gasteiger partial charge in [0.25, 0.3) is 0 Å². The van der Waals surface area contributed by atoms with E-state index in [-0.39, 0.29) is 0 Å². The fraction of sp³-hybridized carbons (Fsp3) is 0.400. The number of halogens is 1. The van der Waals surface area contributed by atoms with Crippen LogP contribution in [0.3, 0.4) is 0 Å². The molecular formula is C15H19ClN2O2S. The minimum absolute atomic E-state index is 0.412. The van der Waals surface area contributed by atoms with Crippen molar-refractivity contribution in [1.82, 2.24) is 4.98 Å². The molecular weight excluding hydrogens is 308 g/mol. The van der Waals surface area contributed by atoms with Crippen LogP contribution in [0.15, 0.2) is 12.1 Å². The molecule has 1 aromatic carbocycles. The zero-order valence-corrected chi connectivity index (χ0v) is 14.0. The highest BCUT2D eigenvalue weighted by molar-refractivity contribution is 7.11. The Labute approximate surface area is 133 Å². The van der Waals surface area contributed by atoms with Gasteiger partial charge in [-0.1, -0.05) is 11.6 Å². The first-order valence-electron chi connectivity index (χ1n) is 6.67. The van der Waals surface area contributed by atoms with Gasteiger partial charge in [-0.25, -0.2) is 4.98 Å². The van der Waals surface area contributed by atoms with E-state index in [1.165, 1.54) is 4.88 Å². The number of hydrogen-bond acceptors (Lipinski definition) is 5. The second kappa shape index (κ2) is 7.11. The van der Waals surface area contributed by atoms with Crippen molar-refractivity contribution in [3.8, 4) is 11.5 Å². The third-order valence-corrected chi connectivity index (χ3v) is 4.41. The summed E-state index contributed by atoms with van der Waals surface area (Å²) in [6.07, 6.45) is 0.683. The normalized spacial score (nSPS) is 10.7. The van der Waals surface area contributed by atoms with Crippen molar-refractivity contribution in [2.45, 2.75) is 26.9 Å². The van der Waals surface area contributed by atoms with Crippen molar-refractivity contribution >= 4 is 22.9 Å². The molecule has 114 valence electrons. The maximum atomic E-state index is 6.09. The van der Waals surface area contributed by atoms with Gasteiger partial charge in [0.15, 0.2) is 11.5 Å². The zero-order chi connectivity index (χ0) is 15.4. The molecule has 1 aromatic heterocycles. The van der Waals surface area contributed by atoms with E-state index in [1.807, 2.05) is 13.0 Å². The van der Waals surface area contributed by atoms with Crippen LogP contribution in [-0.2, 0) is 13.0 Å². The highest BCUT2D eigenvalue weighted by Gasteiger charge is 2.14. The van der Waals surface area contributed by atoms with E-state index in [4.69, 9.17) is 26.8 Å². The number of hydrogen-bond donors (Lipinski definition) is 1. The maximum Gasteiger partial charge on any atom is 0.165 e. The number of aromatic nitrogens is 1. The van der Waals surface area contributed by atoms with Crippen LogP contribution in [0.25, 0.3) is 0 Å². The van der Waals surface area contributed by atoms with Crippen molar-refractivity contribution in [3.63, 3.8) is 0 Å². The van der Waals surface area contributed by atoms with Gasteiger partial charge in [0.05, 0.1) is 12.8 Å². The van der Waals surface area contributed by atoms with E-state index in [0.29, 0.717) is 36.1 Å². The molecule has 0 bridgehead atoms. The van der Waals surface area contributed by atoms with Crippen LogP contribution < -0.4 is 15.2 Å². The molecule has 0 unspecified atom stereocenters. The van der Waals surface area contributed by atoms with Gasteiger partial charge >= 0.3 is 0 Å². The minimum Gasteiger partial charge on any atom is -0.493 e. The van der Waals surface area contributed by atoms with E-state index in [0.717, 1.165) is 16.3 Å². The lowest BCUT2D eigenvalue weighted by molar-refractivity contribution is 0.281. The Kier molecular flexibility index (Phi) is 5.45. The van der Waals surface area contributed by atoms with Crippen molar-refractivity contribution in [2.24, 2.45) is 5.73 Å². The van der Waals surface area contributed by atoms with Crippen LogP contribution >= 0.6 is 22.9 Å². The Morgan fingerprint density at radius 1 is 1.33 bits per heavy atom. The number of benzene rings is 1. The van der Waals surface area contributed by atoms with Crippen molar-refractivity contribution in [3.05, 3.63) is 38.3 Å². The van der Waals surface area contributed by atoms with Crippen LogP contribution in [0.5, 0.6) is 11.5 Å². The van der Waals surface area contributed by atoms with E-state index < -0.39 is 0 Å². The molecule has 0 aliphatic carbocycles. The highest BCUT2D eigenvalue weighted by atomic mass is 35.5. The second-order valence-corrected chi connectivity index (χ2v) is 6.40. The standard InChI is InChI=1S/C15H19ClN2O2S/c1-9-10(2)21-14(18-9)8-20-15-11(4-5-17)6-12(16)7-13(15)19-3/h6-7H,4-5,8,17H2,1-3H3. The van der Waals surface area contributed by atoms with Crippen molar-refractivity contribution < 1.29 is 9.47 Å². The number of ether oxygens (including phenoxy) is 2. The third-order valence-electron chi connectivity index (χ3n) is 3.14. The Bertz CT molecular complexity index is 609. The molecule has 0 atom stereocenters. The first-order valence-corrected chi connectivity index (χ1v) is 7.86. The molecule has 6 heteroatoms. The number of nitrogens with two attached hydrogens (primary N) is 1. The molecule has 0 aliphatic heterocycles. The second-order valence-electron chi connectivity index (χ2n) is 4.67. The third kappa shape index (κ3) is 3.87. The van der Waals surface area contributed by atoms with Gasteiger partial charge in [-0.2, -0.15) is 0 Å². The lowest BCUT2D eigenvalue weighted by Gasteiger charge is -2.14. The van der Waals surface area contributed by atoms with E-state index in [9.17, 15) is 0 Å². The number of aryl methyl sites for hydroxylation is 2. The SMILES string of the molecule is COc1cc(Cl)cc(CCN)c1OCc1nc(C)c(C)s1. The molecule has 4 nitrogen and oxygen atoms in total. The number of nitrogens with zero attached hydrogens (tertiary/aromatic N) is 1. The summed E-state index contributed by atoms with van der Waals surface area (Å²) in [6.45, 7) is 4.99. The average Bonchev–Trinajstić information content (AvgIpc) is 2.76. The molecule has 0 saturated carbocycles. The lowest BCUT2D eigenvalue weighted by Crippen LogP contribution is -2.07. The summed E-state index contributed by atoms with van der Waals surface area (Å²) < 4.78 is 11.3. The fourth-order valence-electron chi connectivity index (χ4n) is 2.01. The molecule has 21 heavy (non-hydrogen) atoms. The first-order chi connectivity index (χ1) is 10.0. The van der Waals surface area contributed by atoms with Crippen LogP contribution in [0.1, 0.15) is 21.1 Å². The highest BCUT2D eigenvalue weighted by Crippen LogP contribution is 2.35. The largest absolute Gasteiger partial charge is 0.493 e. The lowest BCUT2D eigenvalue weighted by atomic mass is 10.1. The van der Waals surface area contributed by atoms with Crippen LogP contribution in [0.4, 0.5) is 0 Å². The molecule has 0 saturated heterocycles. The summed E-state index contributed by atoms with van der Waals surface area (Å²) in [5.74, 6) is 1.31. The molecule has 0 amide bonds. The molecule has 0 fully saturated rings. The Balaban J connectivity index is 2.24. The van der Waals surface area contributed by atoms with Gasteiger partial charge in [0.2, 0.25) is 0 Å². The van der Waals surface area contributed by atoms with Gasteiger partial charge < -0.3 is 15.2 Å². The first kappa shape index (κ1) is 16.1. The van der Waals surface area contributed by atoms with Crippen LogP contribution in [0.2, 0.25) is 5.02 Å². The van der Waals surface area contributed by atoms with Gasteiger partial charge in [-0.3, -0.25) is 0 Å². The number of thiazole rings is 1. The van der Waals surface area contributed by atoms with E-state index >= 15 is 0 Å². The zero-order valence-electron chi connectivity index (χ0n) is 12.4. The molecule has 1 heterocycles. The monoisotopic (exact) mass is 326 g/mol. The summed E-state index contributed by atoms with van der Waals surface area (Å²) in [7, 11) is 1.60. The van der Waals surface area contributed by atoms with E-state index in [1.54, 1.807) is 24.5 Å². The fourth-order valence-corrected chi connectivity index (χ4v) is 3.09. The Morgan fingerprint density at radius 3 is 2.67 bits per heavy atom. The summed E-state index contributed by atoms with van der Waals surface area (Å²) in [6, 6.07) is 3.61. The Morgan fingerprint density at radius 2 is 2.10 bits per heavy atom. The van der Waals surface area contributed by atoms with Gasteiger partial charge in [-0.15, -0.1) is 11.3 Å². The quantitative estimate of drug-likeness (QED) is 0.882. The molecule has 0 aliphatic rings. The van der Waals surface area contributed by atoms with Crippen LogP contribution in [0, 0.1) is 13.8 Å². The van der Waals surface area contributed by atoms with Crippen molar-refractivity contribution in [1.29, 1.82) is 0 Å². The summed E-state index contributed by atoms with van der Waals surface area (Å²) in [4.78, 5) is 5.68. The van der Waals surface area contributed by atoms with Gasteiger partial charge in [0.1, 0.15) is 11.6 Å². The van der Waals surface area contributed by atoms with E-state index in [2.05, 4.69) is 11.9 Å². The van der Waals surface area contributed by atoms with Crippen molar-refractivity contribution in [2.75, 3.05) is 13.7 Å². The predicted molar refractivity (Wildman–Crippen MR) is 86.7 cm³/mol. The minimum atomic E-state index is 0.412. The number of rotatable bonds is 6. The average molecular weight is 327 g/mol. The molecule has 0 radical (unpaired) electrons. The molecule has 2 N–H and O–H groups in total. The number of methoxy groups -OCH3 is 1. The smallest absolute Gasteiger partial charge is 0.165 e. The molecule has 2 aromatic rings. The Hall–Kier alpha value is -1.30. The molecule has 2 rings (SSSR count). The maximum absolute atomic E-state index is 6.09. The van der Waals surface area contributed by atoms with Gasteiger partial charge in [0, 0.05) is 21.5 Å². The molecule has 0 spiro atoms. The predicted octanol–water partition coefficient (Wildman–Crippen LogP) is 3.50. The summed E-state index contributed by atoms with van der Waals surface area (Å²) in [5.41, 5.74) is 7.65.